The highest BCUT2D eigenvalue weighted by Crippen LogP contribution is 2.29. The summed E-state index contributed by atoms with van der Waals surface area (Å²) in [5, 5.41) is 2.81. The number of hydrogen-bond donors (Lipinski definition) is 1. The van der Waals surface area contributed by atoms with Crippen LogP contribution in [0.1, 0.15) is 19.0 Å². The van der Waals surface area contributed by atoms with Crippen molar-refractivity contribution in [1.29, 1.82) is 0 Å². The van der Waals surface area contributed by atoms with Gasteiger partial charge in [-0.1, -0.05) is 0 Å². The van der Waals surface area contributed by atoms with Crippen molar-refractivity contribution in [3.8, 4) is 22.8 Å². The van der Waals surface area contributed by atoms with Gasteiger partial charge in [-0.2, -0.15) is 0 Å². The number of hydrogen-bond acceptors (Lipinski definition) is 6. The Hall–Kier alpha value is -3.48. The number of aryl methyl sites for hydroxylation is 1. The molecule has 1 amide bonds. The van der Waals surface area contributed by atoms with E-state index in [1.807, 2.05) is 6.07 Å². The zero-order valence-electron chi connectivity index (χ0n) is 14.7. The topological polar surface area (TPSA) is 86.2 Å². The first-order chi connectivity index (χ1) is 12.6. The summed E-state index contributed by atoms with van der Waals surface area (Å²) in [5.41, 5.74) is 2.61. The van der Waals surface area contributed by atoms with Gasteiger partial charge in [-0.3, -0.25) is 14.8 Å². The van der Waals surface area contributed by atoms with Crippen LogP contribution in [0.5, 0.6) is 11.5 Å². The summed E-state index contributed by atoms with van der Waals surface area (Å²) in [4.78, 5) is 25.6. The first-order valence-corrected chi connectivity index (χ1v) is 7.90. The molecule has 0 spiro atoms. The third-order valence-corrected chi connectivity index (χ3v) is 3.78. The maximum absolute atomic E-state index is 12.8. The van der Waals surface area contributed by atoms with E-state index < -0.39 is 0 Å². The molecule has 3 rings (SSSR count). The van der Waals surface area contributed by atoms with Crippen LogP contribution >= 0.6 is 0 Å². The summed E-state index contributed by atoms with van der Waals surface area (Å²) in [5.74, 6) is 0.744. The van der Waals surface area contributed by atoms with Crippen LogP contribution in [0.3, 0.4) is 0 Å². The van der Waals surface area contributed by atoms with Gasteiger partial charge in [-0.05, 0) is 31.2 Å². The molecule has 0 unspecified atom stereocenters. The lowest BCUT2D eigenvalue weighted by Crippen LogP contribution is -2.17. The number of carbonyl (C=O) groups excluding carboxylic acids is 1. The second-order valence-corrected chi connectivity index (χ2v) is 5.45. The number of aromatic nitrogens is 3. The zero-order chi connectivity index (χ0) is 18.5. The summed E-state index contributed by atoms with van der Waals surface area (Å²) < 4.78 is 10.5. The van der Waals surface area contributed by atoms with Crippen molar-refractivity contribution in [3.05, 3.63) is 60.3 Å². The number of ether oxygens (including phenoxy) is 2. The smallest absolute Gasteiger partial charge is 0.276 e. The summed E-state index contributed by atoms with van der Waals surface area (Å²) in [7, 11) is 3.09. The number of anilines is 1. The van der Waals surface area contributed by atoms with Crippen LogP contribution in [-0.4, -0.2) is 35.1 Å². The van der Waals surface area contributed by atoms with Gasteiger partial charge in [-0.15, -0.1) is 0 Å². The molecule has 7 heteroatoms. The number of methoxy groups -OCH3 is 2. The molecule has 0 fully saturated rings. The van der Waals surface area contributed by atoms with E-state index in [1.54, 1.807) is 56.9 Å². The Morgan fingerprint density at radius 3 is 2.69 bits per heavy atom. The van der Waals surface area contributed by atoms with Gasteiger partial charge in [0, 0.05) is 26.9 Å². The maximum atomic E-state index is 12.8. The number of nitrogens with one attached hydrogen (secondary N) is 1. The molecule has 7 nitrogen and oxygen atoms in total. The van der Waals surface area contributed by atoms with Crippen LogP contribution in [0.15, 0.2) is 48.9 Å². The molecular formula is C19H22N4O3. The van der Waals surface area contributed by atoms with E-state index in [4.69, 9.17) is 9.47 Å². The monoisotopic (exact) mass is 354 g/mol. The maximum Gasteiger partial charge on any atom is 0.276 e. The fourth-order valence-electron chi connectivity index (χ4n) is 2.41. The molecule has 136 valence electrons. The molecule has 0 bridgehead atoms. The van der Waals surface area contributed by atoms with E-state index >= 15 is 0 Å². The Bertz CT molecular complexity index is 940. The molecule has 3 aromatic rings. The van der Waals surface area contributed by atoms with Crippen LogP contribution in [-0.2, 0) is 0 Å². The van der Waals surface area contributed by atoms with Gasteiger partial charge >= 0.3 is 0 Å². The van der Waals surface area contributed by atoms with Crippen LogP contribution < -0.4 is 14.8 Å². The Morgan fingerprint density at radius 2 is 2.00 bits per heavy atom. The van der Waals surface area contributed by atoms with Crippen molar-refractivity contribution >= 4 is 11.6 Å². The van der Waals surface area contributed by atoms with Crippen molar-refractivity contribution in [2.75, 3.05) is 19.5 Å². The molecule has 0 aliphatic heterocycles. The highest BCUT2D eigenvalue weighted by Gasteiger charge is 2.16. The van der Waals surface area contributed by atoms with Gasteiger partial charge in [0.2, 0.25) is 0 Å². The van der Waals surface area contributed by atoms with E-state index in [1.165, 1.54) is 7.11 Å². The molecule has 0 aliphatic rings. The van der Waals surface area contributed by atoms with Crippen molar-refractivity contribution in [1.82, 2.24) is 15.0 Å². The minimum absolute atomic E-state index is 0. The highest BCUT2D eigenvalue weighted by molar-refractivity contribution is 6.04. The Morgan fingerprint density at radius 1 is 1.15 bits per heavy atom. The molecule has 26 heavy (non-hydrogen) atoms. The second-order valence-electron chi connectivity index (χ2n) is 5.45. The SMILES string of the molecule is COc1ccc(OC)c(NC(=O)c2nc(-c3cccnc3)cnc2C)c1.[HH].[HH]. The van der Waals surface area contributed by atoms with Crippen LogP contribution in [0.2, 0.25) is 0 Å². The molecule has 2 heterocycles. The molecule has 0 radical (unpaired) electrons. The molecule has 0 atom stereocenters. The quantitative estimate of drug-likeness (QED) is 0.753. The number of amides is 1. The molecule has 0 saturated heterocycles. The first-order valence-electron chi connectivity index (χ1n) is 7.90. The van der Waals surface area contributed by atoms with Gasteiger partial charge in [0.25, 0.3) is 5.91 Å². The minimum atomic E-state index is -0.382. The number of pyridine rings is 1. The van der Waals surface area contributed by atoms with Crippen LogP contribution in [0.25, 0.3) is 11.3 Å². The van der Waals surface area contributed by atoms with Gasteiger partial charge in [0.1, 0.15) is 17.2 Å². The highest BCUT2D eigenvalue weighted by atomic mass is 16.5. The van der Waals surface area contributed by atoms with E-state index in [9.17, 15) is 4.79 Å². The Balaban J connectivity index is 0.00000196. The van der Waals surface area contributed by atoms with E-state index in [0.717, 1.165) is 5.56 Å². The fraction of sp³-hybridized carbons (Fsp3) is 0.158. The Labute approximate surface area is 154 Å². The average Bonchev–Trinajstić information content (AvgIpc) is 2.68. The third-order valence-electron chi connectivity index (χ3n) is 3.78. The third kappa shape index (κ3) is 3.61. The minimum Gasteiger partial charge on any atom is -0.497 e. The predicted molar refractivity (Wildman–Crippen MR) is 102 cm³/mol. The standard InChI is InChI=1S/C19H18N4O3.2H2/c1-12-18(22-16(11-21-12)13-5-4-8-20-10-13)19(24)23-15-9-14(25-2)6-7-17(15)26-3;;/h4-11H,1-3H3,(H,23,24);2*1H. The molecule has 1 aromatic carbocycles. The van der Waals surface area contributed by atoms with E-state index in [0.29, 0.717) is 28.6 Å². The number of nitrogens with zero attached hydrogens (tertiary/aromatic N) is 3. The molecule has 0 aliphatic carbocycles. The van der Waals surface area contributed by atoms with Crippen LogP contribution in [0.4, 0.5) is 5.69 Å². The van der Waals surface area contributed by atoms with Gasteiger partial charge in [0.05, 0.1) is 37.5 Å². The second kappa shape index (κ2) is 7.60. The largest absolute Gasteiger partial charge is 0.497 e. The van der Waals surface area contributed by atoms with E-state index in [-0.39, 0.29) is 14.5 Å². The summed E-state index contributed by atoms with van der Waals surface area (Å²) in [6.07, 6.45) is 4.97. The summed E-state index contributed by atoms with van der Waals surface area (Å²) in [6.45, 7) is 1.73. The number of carbonyl (C=O) groups is 1. The molecule has 2 aromatic heterocycles. The summed E-state index contributed by atoms with van der Waals surface area (Å²) >= 11 is 0. The number of rotatable bonds is 5. The van der Waals surface area contributed by atoms with E-state index in [2.05, 4.69) is 20.3 Å². The van der Waals surface area contributed by atoms with Crippen LogP contribution in [0, 0.1) is 6.92 Å². The fourth-order valence-corrected chi connectivity index (χ4v) is 2.41. The molecular weight excluding hydrogens is 332 g/mol. The van der Waals surface area contributed by atoms with Gasteiger partial charge < -0.3 is 14.8 Å². The average molecular weight is 354 g/mol. The lowest BCUT2D eigenvalue weighted by molar-refractivity contribution is 0.102. The predicted octanol–water partition coefficient (Wildman–Crippen LogP) is 3.61. The molecule has 0 saturated carbocycles. The normalized spacial score (nSPS) is 10.3. The zero-order valence-corrected chi connectivity index (χ0v) is 14.7. The first kappa shape index (κ1) is 17.3. The lowest BCUT2D eigenvalue weighted by atomic mass is 10.2. The van der Waals surface area contributed by atoms with Gasteiger partial charge in [-0.25, -0.2) is 4.98 Å². The summed E-state index contributed by atoms with van der Waals surface area (Å²) in [6, 6.07) is 8.82. The van der Waals surface area contributed by atoms with Crippen molar-refractivity contribution in [2.24, 2.45) is 0 Å². The van der Waals surface area contributed by atoms with Gasteiger partial charge in [0.15, 0.2) is 0 Å². The number of benzene rings is 1. The Kier molecular flexibility index (Phi) is 5.07. The van der Waals surface area contributed by atoms with Crippen molar-refractivity contribution in [3.63, 3.8) is 0 Å². The van der Waals surface area contributed by atoms with Crippen molar-refractivity contribution < 1.29 is 17.1 Å². The van der Waals surface area contributed by atoms with Crippen molar-refractivity contribution in [2.45, 2.75) is 6.92 Å². The lowest BCUT2D eigenvalue weighted by Gasteiger charge is -2.12. The molecule has 1 N–H and O–H groups in total.